The van der Waals surface area contributed by atoms with E-state index in [0.29, 0.717) is 6.54 Å². The molecule has 0 bridgehead atoms. The van der Waals surface area contributed by atoms with E-state index in [2.05, 4.69) is 49.0 Å². The zero-order valence-corrected chi connectivity index (χ0v) is 15.4. The third kappa shape index (κ3) is 3.54. The number of aromatic nitrogens is 2. The molecule has 0 atom stereocenters. The van der Waals surface area contributed by atoms with Gasteiger partial charge >= 0.3 is 0 Å². The lowest BCUT2D eigenvalue weighted by atomic mass is 10.2. The third-order valence-corrected chi connectivity index (χ3v) is 4.79. The molecule has 0 amide bonds. The van der Waals surface area contributed by atoms with E-state index < -0.39 is 0 Å². The van der Waals surface area contributed by atoms with Crippen LogP contribution in [0.15, 0.2) is 56.5 Å². The lowest BCUT2D eigenvalue weighted by Crippen LogP contribution is -2.12. The number of aromatic amines is 1. The second kappa shape index (κ2) is 6.68. The first kappa shape index (κ1) is 16.0. The highest BCUT2D eigenvalue weighted by atomic mass is 79.9. The summed E-state index contributed by atoms with van der Waals surface area (Å²) < 4.78 is 2.92. The summed E-state index contributed by atoms with van der Waals surface area (Å²) in [4.78, 5) is 8.69. The van der Waals surface area contributed by atoms with Crippen LogP contribution in [0, 0.1) is 6.92 Å². The van der Waals surface area contributed by atoms with Crippen molar-refractivity contribution in [2.45, 2.75) is 13.8 Å². The summed E-state index contributed by atoms with van der Waals surface area (Å²) in [6, 6.07) is 6.16. The molecule has 3 rings (SSSR count). The van der Waals surface area contributed by atoms with Gasteiger partial charge in [0.1, 0.15) is 0 Å². The highest BCUT2D eigenvalue weighted by molar-refractivity contribution is 9.10. The first-order valence-corrected chi connectivity index (χ1v) is 8.85. The number of hydrogen-bond donors (Lipinski definition) is 1. The minimum absolute atomic E-state index is 0.621. The summed E-state index contributed by atoms with van der Waals surface area (Å²) in [6.45, 7) is 8.51. The molecule has 0 unspecified atom stereocenters. The van der Waals surface area contributed by atoms with Gasteiger partial charge in [-0.15, -0.1) is 11.3 Å². The van der Waals surface area contributed by atoms with E-state index >= 15 is 0 Å². The maximum atomic E-state index is 4.61. The third-order valence-electron chi connectivity index (χ3n) is 3.32. The van der Waals surface area contributed by atoms with E-state index in [1.54, 1.807) is 11.3 Å². The smallest absolute Gasteiger partial charge is 0.206 e. The Labute approximate surface area is 147 Å². The van der Waals surface area contributed by atoms with Crippen LogP contribution in [0.3, 0.4) is 0 Å². The van der Waals surface area contributed by atoms with Gasteiger partial charge in [-0.1, -0.05) is 28.1 Å². The molecule has 0 radical (unpaired) electrons. The van der Waals surface area contributed by atoms with E-state index in [4.69, 9.17) is 0 Å². The quantitative estimate of drug-likeness (QED) is 0.506. The van der Waals surface area contributed by atoms with E-state index in [0.717, 1.165) is 37.0 Å². The number of aryl methyl sites for hydroxylation is 1. The minimum Gasteiger partial charge on any atom is -0.361 e. The molecule has 0 saturated carbocycles. The molecule has 2 heterocycles. The predicted molar refractivity (Wildman–Crippen MR) is 101 cm³/mol. The first-order valence-electron chi connectivity index (χ1n) is 7.17. The fourth-order valence-corrected chi connectivity index (χ4v) is 3.34. The molecule has 0 spiro atoms. The summed E-state index contributed by atoms with van der Waals surface area (Å²) in [5.74, 6) is 0. The van der Waals surface area contributed by atoms with Crippen LogP contribution in [0.1, 0.15) is 18.2 Å². The van der Waals surface area contributed by atoms with Crippen LogP contribution in [-0.2, 0) is 0 Å². The van der Waals surface area contributed by atoms with Crippen LogP contribution in [0.25, 0.3) is 10.9 Å². The molecule has 0 aliphatic carbocycles. The van der Waals surface area contributed by atoms with Gasteiger partial charge < -0.3 is 4.98 Å². The average Bonchev–Trinajstić information content (AvgIpc) is 3.06. The Bertz CT molecular complexity index is 959. The van der Waals surface area contributed by atoms with E-state index in [1.807, 2.05) is 43.1 Å². The number of fused-ring (bicyclic) bond motifs is 1. The molecule has 23 heavy (non-hydrogen) atoms. The average molecular weight is 389 g/mol. The molecule has 1 N–H and O–H groups in total. The van der Waals surface area contributed by atoms with Gasteiger partial charge in [0.25, 0.3) is 0 Å². The van der Waals surface area contributed by atoms with Gasteiger partial charge in [0.05, 0.1) is 18.5 Å². The van der Waals surface area contributed by atoms with Gasteiger partial charge in [0.2, 0.25) is 4.80 Å². The van der Waals surface area contributed by atoms with Crippen molar-refractivity contribution in [2.75, 3.05) is 6.54 Å². The standard InChI is InChI=1S/C17H17BrN4S/c1-11(2)7-20-17-22(12(3)10-23-17)21-9-13-8-19-16-5-4-14(18)6-15(13)16/h4-6,8-10,19H,1,7H2,2-3H3. The fourth-order valence-electron chi connectivity index (χ4n) is 2.18. The second-order valence-electron chi connectivity index (χ2n) is 5.42. The van der Waals surface area contributed by atoms with Crippen molar-refractivity contribution in [1.82, 2.24) is 9.66 Å². The number of nitrogens with zero attached hydrogens (tertiary/aromatic N) is 3. The topological polar surface area (TPSA) is 45.4 Å². The van der Waals surface area contributed by atoms with Crippen molar-refractivity contribution >= 4 is 44.4 Å². The van der Waals surface area contributed by atoms with Crippen LogP contribution >= 0.6 is 27.3 Å². The Kier molecular flexibility index (Phi) is 4.63. The number of H-pyrrole nitrogens is 1. The Morgan fingerprint density at radius 2 is 2.30 bits per heavy atom. The minimum atomic E-state index is 0.621. The van der Waals surface area contributed by atoms with Crippen LogP contribution < -0.4 is 4.80 Å². The molecule has 0 aliphatic heterocycles. The van der Waals surface area contributed by atoms with Crippen LogP contribution in [0.5, 0.6) is 0 Å². The zero-order valence-electron chi connectivity index (χ0n) is 13.0. The van der Waals surface area contributed by atoms with Crippen molar-refractivity contribution < 1.29 is 0 Å². The van der Waals surface area contributed by atoms with Crippen molar-refractivity contribution in [3.05, 3.63) is 62.5 Å². The predicted octanol–water partition coefficient (Wildman–Crippen LogP) is 4.46. The Balaban J connectivity index is 1.99. The van der Waals surface area contributed by atoms with Crippen LogP contribution in [0.4, 0.5) is 0 Å². The number of nitrogens with one attached hydrogen (secondary N) is 1. The number of hydrogen-bond acceptors (Lipinski definition) is 3. The summed E-state index contributed by atoms with van der Waals surface area (Å²) in [5, 5.41) is 7.80. The monoisotopic (exact) mass is 388 g/mol. The maximum Gasteiger partial charge on any atom is 0.206 e. The van der Waals surface area contributed by atoms with Crippen molar-refractivity contribution in [3.8, 4) is 0 Å². The van der Waals surface area contributed by atoms with Gasteiger partial charge in [0, 0.05) is 32.5 Å². The molecule has 0 fully saturated rings. The molecule has 2 aromatic heterocycles. The number of thiazole rings is 1. The van der Waals surface area contributed by atoms with E-state index in [-0.39, 0.29) is 0 Å². The van der Waals surface area contributed by atoms with Gasteiger partial charge in [-0.05, 0) is 32.0 Å². The molecule has 6 heteroatoms. The summed E-state index contributed by atoms with van der Waals surface area (Å²) in [6.07, 6.45) is 3.83. The zero-order chi connectivity index (χ0) is 16.4. The van der Waals surface area contributed by atoms with Crippen LogP contribution in [-0.4, -0.2) is 22.4 Å². The van der Waals surface area contributed by atoms with Crippen molar-refractivity contribution in [3.63, 3.8) is 0 Å². The fraction of sp³-hybridized carbons (Fsp3) is 0.176. The van der Waals surface area contributed by atoms with E-state index in [1.165, 1.54) is 0 Å². The van der Waals surface area contributed by atoms with Gasteiger partial charge in [0.15, 0.2) is 0 Å². The lowest BCUT2D eigenvalue weighted by molar-refractivity contribution is 0.796. The normalized spacial score (nSPS) is 12.6. The molecule has 1 aromatic carbocycles. The number of rotatable bonds is 4. The molecule has 0 aliphatic rings. The molecular weight excluding hydrogens is 372 g/mol. The molecule has 3 aromatic rings. The largest absolute Gasteiger partial charge is 0.361 e. The van der Waals surface area contributed by atoms with Crippen molar-refractivity contribution in [1.29, 1.82) is 0 Å². The number of halogens is 1. The SMILES string of the molecule is C=C(C)CN=c1scc(C)n1N=Cc1c[nH]c2ccc(Br)cc12. The van der Waals surface area contributed by atoms with Crippen molar-refractivity contribution in [2.24, 2.45) is 10.1 Å². The van der Waals surface area contributed by atoms with Crippen LogP contribution in [0.2, 0.25) is 0 Å². The first-order chi connectivity index (χ1) is 11.0. The molecule has 0 saturated heterocycles. The Morgan fingerprint density at radius 3 is 3.09 bits per heavy atom. The van der Waals surface area contributed by atoms with E-state index in [9.17, 15) is 0 Å². The van der Waals surface area contributed by atoms with Gasteiger partial charge in [-0.3, -0.25) is 4.99 Å². The Morgan fingerprint density at radius 1 is 1.48 bits per heavy atom. The summed E-state index contributed by atoms with van der Waals surface area (Å²) >= 11 is 5.10. The second-order valence-corrected chi connectivity index (χ2v) is 7.18. The molecule has 118 valence electrons. The number of benzene rings is 1. The lowest BCUT2D eigenvalue weighted by Gasteiger charge is -1.98. The summed E-state index contributed by atoms with van der Waals surface area (Å²) in [5.41, 5.74) is 4.24. The van der Waals surface area contributed by atoms with Gasteiger partial charge in [-0.2, -0.15) is 5.10 Å². The highest BCUT2D eigenvalue weighted by Gasteiger charge is 2.03. The summed E-state index contributed by atoms with van der Waals surface area (Å²) in [7, 11) is 0. The highest BCUT2D eigenvalue weighted by Crippen LogP contribution is 2.21. The molecular formula is C17H17BrN4S. The maximum absolute atomic E-state index is 4.61. The Hall–Kier alpha value is -1.92. The molecule has 4 nitrogen and oxygen atoms in total. The van der Waals surface area contributed by atoms with Gasteiger partial charge in [-0.25, -0.2) is 4.68 Å².